The summed E-state index contributed by atoms with van der Waals surface area (Å²) in [7, 11) is 0. The van der Waals surface area contributed by atoms with Crippen molar-refractivity contribution in [3.8, 4) is 0 Å². The van der Waals surface area contributed by atoms with Gasteiger partial charge in [-0.2, -0.15) is 0 Å². The van der Waals surface area contributed by atoms with Gasteiger partial charge in [0.05, 0.1) is 11.6 Å². The highest BCUT2D eigenvalue weighted by Gasteiger charge is 2.36. The normalized spacial score (nSPS) is 20.4. The summed E-state index contributed by atoms with van der Waals surface area (Å²) in [6.45, 7) is 2.25. The van der Waals surface area contributed by atoms with Crippen LogP contribution in [0.5, 0.6) is 0 Å². The van der Waals surface area contributed by atoms with Gasteiger partial charge in [0.2, 0.25) is 5.91 Å². The van der Waals surface area contributed by atoms with E-state index in [1.807, 2.05) is 6.92 Å². The molecule has 1 amide bonds. The maximum Gasteiger partial charge on any atom is 0.326 e. The molecule has 0 saturated carbocycles. The zero-order valence-corrected chi connectivity index (χ0v) is 9.66. The Hall–Kier alpha value is -1.43. The maximum absolute atomic E-state index is 11.5. The quantitative estimate of drug-likeness (QED) is 0.856. The van der Waals surface area contributed by atoms with Crippen LogP contribution in [-0.4, -0.2) is 32.9 Å². The highest BCUT2D eigenvalue weighted by Crippen LogP contribution is 2.23. The number of carbonyl (C=O) groups excluding carboxylic acids is 1. The Morgan fingerprint density at radius 2 is 2.50 bits per heavy atom. The van der Waals surface area contributed by atoms with E-state index in [4.69, 9.17) is 5.11 Å². The Morgan fingerprint density at radius 3 is 3.06 bits per heavy atom. The molecule has 2 heterocycles. The highest BCUT2D eigenvalue weighted by atomic mass is 32.1. The number of aliphatic carboxylic acids is 1. The van der Waals surface area contributed by atoms with Gasteiger partial charge in [0.15, 0.2) is 0 Å². The molecule has 16 heavy (non-hydrogen) atoms. The van der Waals surface area contributed by atoms with Crippen LogP contribution in [0.4, 0.5) is 0 Å². The molecule has 1 unspecified atom stereocenters. The van der Waals surface area contributed by atoms with Crippen molar-refractivity contribution < 1.29 is 14.7 Å². The average molecular weight is 240 g/mol. The van der Waals surface area contributed by atoms with Crippen LogP contribution in [0.1, 0.15) is 22.7 Å². The molecule has 6 heteroatoms. The third-order valence-electron chi connectivity index (χ3n) is 2.61. The lowest BCUT2D eigenvalue weighted by atomic mass is 10.2. The minimum absolute atomic E-state index is 0.0848. The topological polar surface area (TPSA) is 70.5 Å². The molecule has 1 aromatic heterocycles. The zero-order chi connectivity index (χ0) is 11.7. The van der Waals surface area contributed by atoms with E-state index in [0.717, 1.165) is 9.88 Å². The number of aryl methyl sites for hydroxylation is 1. The third-order valence-corrected chi connectivity index (χ3v) is 3.51. The summed E-state index contributed by atoms with van der Waals surface area (Å²) < 4.78 is 0. The molecule has 1 aromatic rings. The van der Waals surface area contributed by atoms with E-state index >= 15 is 0 Å². The molecule has 1 fully saturated rings. The van der Waals surface area contributed by atoms with E-state index in [1.165, 1.54) is 16.2 Å². The van der Waals surface area contributed by atoms with Gasteiger partial charge in [-0.1, -0.05) is 0 Å². The van der Waals surface area contributed by atoms with Crippen LogP contribution in [0.2, 0.25) is 0 Å². The number of hydrogen-bond donors (Lipinski definition) is 1. The fraction of sp³-hybridized carbons (Fsp3) is 0.500. The smallest absolute Gasteiger partial charge is 0.326 e. The summed E-state index contributed by atoms with van der Waals surface area (Å²) >= 11 is 1.49. The predicted octanol–water partition coefficient (Wildman–Crippen LogP) is 1.03. The number of nitrogens with zero attached hydrogens (tertiary/aromatic N) is 2. The second-order valence-corrected chi connectivity index (χ2v) is 5.08. The molecule has 0 aliphatic carbocycles. The van der Waals surface area contributed by atoms with Gasteiger partial charge in [0, 0.05) is 17.5 Å². The van der Waals surface area contributed by atoms with E-state index in [-0.39, 0.29) is 5.91 Å². The summed E-state index contributed by atoms with van der Waals surface area (Å²) in [6, 6.07) is -0.671. The summed E-state index contributed by atoms with van der Waals surface area (Å²) in [5, 5.41) is 9.90. The molecule has 2 rings (SSSR count). The first-order valence-electron chi connectivity index (χ1n) is 5.01. The van der Waals surface area contributed by atoms with Gasteiger partial charge in [-0.25, -0.2) is 9.78 Å². The van der Waals surface area contributed by atoms with Crippen molar-refractivity contribution in [3.63, 3.8) is 0 Å². The molecule has 0 bridgehead atoms. The second-order valence-electron chi connectivity index (χ2n) is 3.76. The number of amides is 1. The number of carboxylic acids is 1. The largest absolute Gasteiger partial charge is 0.480 e. The number of thiazole rings is 1. The van der Waals surface area contributed by atoms with Crippen molar-refractivity contribution in [2.45, 2.75) is 32.4 Å². The van der Waals surface area contributed by atoms with Crippen LogP contribution in [0.3, 0.4) is 0 Å². The van der Waals surface area contributed by atoms with Gasteiger partial charge in [-0.05, 0) is 13.3 Å². The van der Waals surface area contributed by atoms with E-state index < -0.39 is 12.0 Å². The van der Waals surface area contributed by atoms with Crippen molar-refractivity contribution in [1.29, 1.82) is 0 Å². The van der Waals surface area contributed by atoms with Gasteiger partial charge >= 0.3 is 5.97 Å². The zero-order valence-electron chi connectivity index (χ0n) is 8.84. The van der Waals surface area contributed by atoms with Gasteiger partial charge in [0.25, 0.3) is 0 Å². The first kappa shape index (κ1) is 11.1. The van der Waals surface area contributed by atoms with Gasteiger partial charge in [-0.15, -0.1) is 11.3 Å². The Bertz CT molecular complexity index is 429. The Morgan fingerprint density at radius 1 is 1.75 bits per heavy atom. The average Bonchev–Trinajstić information content (AvgIpc) is 2.76. The van der Waals surface area contributed by atoms with Crippen LogP contribution in [-0.2, 0) is 16.1 Å². The van der Waals surface area contributed by atoms with E-state index in [9.17, 15) is 9.59 Å². The number of likely N-dealkylation sites (tertiary alicyclic amines) is 1. The highest BCUT2D eigenvalue weighted by molar-refractivity contribution is 7.11. The van der Waals surface area contributed by atoms with Crippen molar-refractivity contribution in [2.75, 3.05) is 0 Å². The third kappa shape index (κ3) is 2.06. The minimum atomic E-state index is -0.924. The lowest BCUT2D eigenvalue weighted by Crippen LogP contribution is -2.37. The molecule has 86 valence electrons. The summed E-state index contributed by atoms with van der Waals surface area (Å²) in [5.41, 5.74) is 0. The molecule has 1 aliphatic rings. The standard InChI is InChI=1S/C10H12N2O3S/c1-6-11-4-7(16-6)5-12-8(10(14)15)2-3-9(12)13/h4,8H,2-3,5H2,1H3,(H,14,15). The predicted molar refractivity (Wildman–Crippen MR) is 58.1 cm³/mol. The number of aromatic nitrogens is 1. The Balaban J connectivity index is 2.12. The minimum Gasteiger partial charge on any atom is -0.480 e. The van der Waals surface area contributed by atoms with Crippen LogP contribution in [0.25, 0.3) is 0 Å². The fourth-order valence-electron chi connectivity index (χ4n) is 1.83. The molecule has 0 spiro atoms. The molecule has 1 aliphatic heterocycles. The van der Waals surface area contributed by atoms with Gasteiger partial charge in [-0.3, -0.25) is 4.79 Å². The molecular formula is C10H12N2O3S. The first-order chi connectivity index (χ1) is 7.58. The monoisotopic (exact) mass is 240 g/mol. The van der Waals surface area contributed by atoms with Crippen LogP contribution >= 0.6 is 11.3 Å². The Kier molecular flexibility index (Phi) is 2.91. The molecule has 1 atom stereocenters. The Labute approximate surface area is 96.7 Å². The number of rotatable bonds is 3. The molecule has 0 radical (unpaired) electrons. The molecule has 0 aromatic carbocycles. The molecule has 1 saturated heterocycles. The van der Waals surface area contributed by atoms with Crippen LogP contribution < -0.4 is 0 Å². The van der Waals surface area contributed by atoms with Gasteiger partial charge < -0.3 is 10.0 Å². The van der Waals surface area contributed by atoms with Crippen molar-refractivity contribution in [1.82, 2.24) is 9.88 Å². The SMILES string of the molecule is Cc1ncc(CN2C(=O)CCC2C(=O)O)s1. The number of hydrogen-bond acceptors (Lipinski definition) is 4. The molecule has 1 N–H and O–H groups in total. The summed E-state index contributed by atoms with van der Waals surface area (Å²) in [4.78, 5) is 28.9. The summed E-state index contributed by atoms with van der Waals surface area (Å²) in [5.74, 6) is -1.01. The van der Waals surface area contributed by atoms with E-state index in [0.29, 0.717) is 19.4 Å². The maximum atomic E-state index is 11.5. The fourth-order valence-corrected chi connectivity index (χ4v) is 2.63. The number of carbonyl (C=O) groups is 2. The van der Waals surface area contributed by atoms with Crippen LogP contribution in [0.15, 0.2) is 6.20 Å². The van der Waals surface area contributed by atoms with Crippen molar-refractivity contribution >= 4 is 23.2 Å². The van der Waals surface area contributed by atoms with E-state index in [2.05, 4.69) is 4.98 Å². The second kappa shape index (κ2) is 4.21. The lowest BCUT2D eigenvalue weighted by molar-refractivity contribution is -0.146. The molecular weight excluding hydrogens is 228 g/mol. The lowest BCUT2D eigenvalue weighted by Gasteiger charge is -2.20. The van der Waals surface area contributed by atoms with Crippen molar-refractivity contribution in [3.05, 3.63) is 16.1 Å². The molecule has 5 nitrogen and oxygen atoms in total. The van der Waals surface area contributed by atoms with Crippen LogP contribution in [0, 0.1) is 6.92 Å². The van der Waals surface area contributed by atoms with E-state index in [1.54, 1.807) is 6.20 Å². The van der Waals surface area contributed by atoms with Gasteiger partial charge in [0.1, 0.15) is 6.04 Å². The number of carboxylic acid groups (broad SMARTS) is 1. The van der Waals surface area contributed by atoms with Crippen molar-refractivity contribution in [2.24, 2.45) is 0 Å². The summed E-state index contributed by atoms with van der Waals surface area (Å²) in [6.07, 6.45) is 2.44. The first-order valence-corrected chi connectivity index (χ1v) is 5.83.